The standard InChI is InChI=1S/C22H27FN4O2/c1-24-11-7-17-21(24)20(28)8-12-27(22(17)29)10-4-9-25-13-15-26(16-14-25)19-6-3-2-5-18(19)23/h2-3,5-7,11H,4,8-10,12-16H2,1H3. The van der Waals surface area contributed by atoms with Crippen molar-refractivity contribution in [2.75, 3.05) is 50.7 Å². The Kier molecular flexibility index (Phi) is 5.67. The normalized spacial score (nSPS) is 18.1. The molecule has 4 rings (SSSR count). The molecule has 1 aromatic carbocycles. The topological polar surface area (TPSA) is 48.8 Å². The third kappa shape index (κ3) is 4.05. The molecule has 3 heterocycles. The molecule has 154 valence electrons. The number of nitrogens with zero attached hydrogens (tertiary/aromatic N) is 4. The molecule has 29 heavy (non-hydrogen) atoms. The number of carbonyl (C=O) groups excluding carboxylic acids is 2. The minimum absolute atomic E-state index is 0.0348. The summed E-state index contributed by atoms with van der Waals surface area (Å²) in [4.78, 5) is 31.4. The lowest BCUT2D eigenvalue weighted by Crippen LogP contribution is -2.47. The van der Waals surface area contributed by atoms with Crippen LogP contribution in [0.5, 0.6) is 0 Å². The van der Waals surface area contributed by atoms with E-state index in [9.17, 15) is 14.0 Å². The van der Waals surface area contributed by atoms with Crippen molar-refractivity contribution in [2.24, 2.45) is 7.05 Å². The van der Waals surface area contributed by atoms with Crippen LogP contribution in [0.3, 0.4) is 0 Å². The summed E-state index contributed by atoms with van der Waals surface area (Å²) in [7, 11) is 1.81. The molecule has 0 aliphatic carbocycles. The van der Waals surface area contributed by atoms with Gasteiger partial charge < -0.3 is 14.4 Å². The van der Waals surface area contributed by atoms with Gasteiger partial charge in [0.25, 0.3) is 5.91 Å². The van der Waals surface area contributed by atoms with E-state index in [4.69, 9.17) is 0 Å². The summed E-state index contributed by atoms with van der Waals surface area (Å²) >= 11 is 0. The Morgan fingerprint density at radius 3 is 2.48 bits per heavy atom. The lowest BCUT2D eigenvalue weighted by Gasteiger charge is -2.36. The number of aryl methyl sites for hydroxylation is 1. The number of halogens is 1. The first-order valence-corrected chi connectivity index (χ1v) is 10.2. The molecular formula is C22H27FN4O2. The number of Topliss-reactive ketones (excluding diaryl/α,β-unsaturated/α-hetero) is 1. The van der Waals surface area contributed by atoms with Gasteiger partial charge in [-0.05, 0) is 31.2 Å². The van der Waals surface area contributed by atoms with Gasteiger partial charge in [-0.1, -0.05) is 12.1 Å². The average Bonchev–Trinajstić information content (AvgIpc) is 3.07. The fourth-order valence-corrected chi connectivity index (χ4v) is 4.30. The van der Waals surface area contributed by atoms with Crippen molar-refractivity contribution in [3.8, 4) is 0 Å². The zero-order chi connectivity index (χ0) is 20.4. The maximum absolute atomic E-state index is 14.0. The monoisotopic (exact) mass is 398 g/mol. The van der Waals surface area contributed by atoms with Gasteiger partial charge in [0.15, 0.2) is 5.78 Å². The fourth-order valence-electron chi connectivity index (χ4n) is 4.30. The van der Waals surface area contributed by atoms with Crippen LogP contribution in [0.2, 0.25) is 0 Å². The maximum atomic E-state index is 14.0. The molecule has 7 heteroatoms. The van der Waals surface area contributed by atoms with E-state index in [-0.39, 0.29) is 17.5 Å². The summed E-state index contributed by atoms with van der Waals surface area (Å²) in [6.07, 6.45) is 3.01. The van der Waals surface area contributed by atoms with Crippen molar-refractivity contribution >= 4 is 17.4 Å². The molecule has 0 spiro atoms. The number of ketones is 1. The number of aromatic nitrogens is 1. The Hall–Kier alpha value is -2.67. The second-order valence-corrected chi connectivity index (χ2v) is 7.79. The van der Waals surface area contributed by atoms with Crippen LogP contribution in [-0.4, -0.2) is 71.9 Å². The molecule has 0 radical (unpaired) electrons. The first kappa shape index (κ1) is 19.6. The second kappa shape index (κ2) is 8.37. The molecule has 0 atom stereocenters. The predicted octanol–water partition coefficient (Wildman–Crippen LogP) is 2.41. The van der Waals surface area contributed by atoms with Crippen molar-refractivity contribution in [3.63, 3.8) is 0 Å². The molecule has 2 aromatic rings. The molecular weight excluding hydrogens is 371 g/mol. The number of carbonyl (C=O) groups is 2. The Morgan fingerprint density at radius 1 is 0.966 bits per heavy atom. The van der Waals surface area contributed by atoms with E-state index >= 15 is 0 Å². The number of hydrogen-bond donors (Lipinski definition) is 0. The summed E-state index contributed by atoms with van der Waals surface area (Å²) in [5.41, 5.74) is 1.72. The zero-order valence-electron chi connectivity index (χ0n) is 16.8. The van der Waals surface area contributed by atoms with Crippen LogP contribution in [0.25, 0.3) is 0 Å². The lowest BCUT2D eigenvalue weighted by molar-refractivity contribution is 0.0750. The highest BCUT2D eigenvalue weighted by Crippen LogP contribution is 2.21. The smallest absolute Gasteiger partial charge is 0.256 e. The molecule has 0 bridgehead atoms. The van der Waals surface area contributed by atoms with Gasteiger partial charge >= 0.3 is 0 Å². The summed E-state index contributed by atoms with van der Waals surface area (Å²) in [5, 5.41) is 0. The van der Waals surface area contributed by atoms with E-state index in [1.54, 1.807) is 34.8 Å². The molecule has 1 amide bonds. The largest absolute Gasteiger partial charge is 0.367 e. The number of fused-ring (bicyclic) bond motifs is 1. The first-order chi connectivity index (χ1) is 14.0. The van der Waals surface area contributed by atoms with Gasteiger partial charge in [-0.2, -0.15) is 0 Å². The number of hydrogen-bond acceptors (Lipinski definition) is 4. The maximum Gasteiger partial charge on any atom is 0.256 e. The fraction of sp³-hybridized carbons (Fsp3) is 0.455. The minimum atomic E-state index is -0.171. The van der Waals surface area contributed by atoms with E-state index in [1.165, 1.54) is 6.07 Å². The number of piperazine rings is 1. The van der Waals surface area contributed by atoms with E-state index in [1.807, 2.05) is 12.1 Å². The molecule has 6 nitrogen and oxygen atoms in total. The predicted molar refractivity (Wildman–Crippen MR) is 110 cm³/mol. The Bertz CT molecular complexity index is 902. The Labute approximate surface area is 170 Å². The molecule has 0 N–H and O–H groups in total. The Balaban J connectivity index is 1.27. The van der Waals surface area contributed by atoms with Crippen LogP contribution < -0.4 is 4.90 Å². The number of amides is 1. The van der Waals surface area contributed by atoms with Crippen LogP contribution in [0.15, 0.2) is 36.5 Å². The Morgan fingerprint density at radius 2 is 1.72 bits per heavy atom. The highest BCUT2D eigenvalue weighted by molar-refractivity contribution is 6.08. The third-order valence-electron chi connectivity index (χ3n) is 5.93. The van der Waals surface area contributed by atoms with Crippen molar-refractivity contribution in [3.05, 3.63) is 53.6 Å². The molecule has 2 aliphatic rings. The first-order valence-electron chi connectivity index (χ1n) is 10.2. The second-order valence-electron chi connectivity index (χ2n) is 7.79. The van der Waals surface area contributed by atoms with Gasteiger partial charge in [0.05, 0.1) is 16.9 Å². The van der Waals surface area contributed by atoms with Crippen molar-refractivity contribution in [1.82, 2.24) is 14.4 Å². The van der Waals surface area contributed by atoms with Crippen LogP contribution in [0.1, 0.15) is 33.7 Å². The lowest BCUT2D eigenvalue weighted by atomic mass is 10.1. The van der Waals surface area contributed by atoms with Crippen LogP contribution in [0.4, 0.5) is 10.1 Å². The summed E-state index contributed by atoms with van der Waals surface area (Å²) in [5.74, 6) is -0.182. The van der Waals surface area contributed by atoms with Gasteiger partial charge in [-0.3, -0.25) is 14.5 Å². The summed E-state index contributed by atoms with van der Waals surface area (Å²) in [6, 6.07) is 8.66. The van der Waals surface area contributed by atoms with E-state index in [0.29, 0.717) is 36.5 Å². The number of benzene rings is 1. The van der Waals surface area contributed by atoms with Crippen molar-refractivity contribution in [1.29, 1.82) is 0 Å². The van der Waals surface area contributed by atoms with Gasteiger partial charge in [0.2, 0.25) is 0 Å². The zero-order valence-corrected chi connectivity index (χ0v) is 16.8. The SMILES string of the molecule is Cn1ccc2c1C(=O)CCN(CCCN1CCN(c3ccccc3F)CC1)C2=O. The van der Waals surface area contributed by atoms with Gasteiger partial charge in [-0.15, -0.1) is 0 Å². The van der Waals surface area contributed by atoms with E-state index < -0.39 is 0 Å². The van der Waals surface area contributed by atoms with Crippen LogP contribution in [-0.2, 0) is 7.05 Å². The third-order valence-corrected chi connectivity index (χ3v) is 5.93. The number of anilines is 1. The minimum Gasteiger partial charge on any atom is -0.367 e. The molecule has 1 aromatic heterocycles. The van der Waals surface area contributed by atoms with Crippen LogP contribution in [0, 0.1) is 5.82 Å². The summed E-state index contributed by atoms with van der Waals surface area (Å²) < 4.78 is 15.7. The van der Waals surface area contributed by atoms with Gasteiger partial charge in [-0.25, -0.2) is 4.39 Å². The van der Waals surface area contributed by atoms with Gasteiger partial charge in [0, 0.05) is 58.9 Å². The number of para-hydroxylation sites is 1. The molecule has 0 unspecified atom stereocenters. The van der Waals surface area contributed by atoms with Gasteiger partial charge in [0.1, 0.15) is 5.82 Å². The molecule has 2 aliphatic heterocycles. The van der Waals surface area contributed by atoms with Crippen molar-refractivity contribution in [2.45, 2.75) is 12.8 Å². The summed E-state index contributed by atoms with van der Waals surface area (Å²) in [6.45, 7) is 5.37. The molecule has 1 fully saturated rings. The highest BCUT2D eigenvalue weighted by atomic mass is 19.1. The highest BCUT2D eigenvalue weighted by Gasteiger charge is 2.29. The molecule has 1 saturated heterocycles. The number of rotatable bonds is 5. The quantitative estimate of drug-likeness (QED) is 0.776. The van der Waals surface area contributed by atoms with E-state index in [0.717, 1.165) is 39.1 Å². The van der Waals surface area contributed by atoms with Crippen molar-refractivity contribution < 1.29 is 14.0 Å². The average molecular weight is 398 g/mol. The molecule has 0 saturated carbocycles. The van der Waals surface area contributed by atoms with Crippen LogP contribution >= 0.6 is 0 Å². The van der Waals surface area contributed by atoms with E-state index in [2.05, 4.69) is 9.80 Å².